The molecule has 2 atom stereocenters. The van der Waals surface area contributed by atoms with Crippen molar-refractivity contribution in [2.75, 3.05) is 31.1 Å². The summed E-state index contributed by atoms with van der Waals surface area (Å²) in [5.41, 5.74) is 1.16. The van der Waals surface area contributed by atoms with E-state index in [1.807, 2.05) is 18.2 Å². The molecule has 21 heavy (non-hydrogen) atoms. The van der Waals surface area contributed by atoms with Gasteiger partial charge in [-0.3, -0.25) is 4.79 Å². The Morgan fingerprint density at radius 3 is 2.43 bits per heavy atom. The summed E-state index contributed by atoms with van der Waals surface area (Å²) in [6.07, 6.45) is 3.68. The molecular weight excluding hydrogens is 284 g/mol. The van der Waals surface area contributed by atoms with Gasteiger partial charge in [0.25, 0.3) is 0 Å². The summed E-state index contributed by atoms with van der Waals surface area (Å²) in [6.45, 7) is 3.51. The SMILES string of the molecule is O=C(C1CC2CC2C1)N1CCN(c2cccc(Cl)c2)CC1. The van der Waals surface area contributed by atoms with E-state index < -0.39 is 0 Å². The lowest BCUT2D eigenvalue weighted by atomic mass is 10.0. The molecule has 1 aromatic rings. The molecule has 1 heterocycles. The Balaban J connectivity index is 1.35. The van der Waals surface area contributed by atoms with Crippen molar-refractivity contribution < 1.29 is 4.79 Å². The molecule has 2 saturated carbocycles. The molecule has 4 heteroatoms. The smallest absolute Gasteiger partial charge is 0.225 e. The minimum absolute atomic E-state index is 0.325. The molecule has 3 fully saturated rings. The second-order valence-electron chi connectivity index (χ2n) is 6.72. The summed E-state index contributed by atoms with van der Waals surface area (Å²) < 4.78 is 0. The Morgan fingerprint density at radius 2 is 1.76 bits per heavy atom. The van der Waals surface area contributed by atoms with Crippen molar-refractivity contribution in [1.29, 1.82) is 0 Å². The van der Waals surface area contributed by atoms with Gasteiger partial charge < -0.3 is 9.80 Å². The molecule has 4 rings (SSSR count). The highest BCUT2D eigenvalue weighted by Crippen LogP contribution is 2.54. The number of piperazine rings is 1. The van der Waals surface area contributed by atoms with Crippen LogP contribution in [0.2, 0.25) is 5.02 Å². The van der Waals surface area contributed by atoms with Crippen molar-refractivity contribution >= 4 is 23.2 Å². The van der Waals surface area contributed by atoms with Crippen LogP contribution in [0.1, 0.15) is 19.3 Å². The summed E-state index contributed by atoms with van der Waals surface area (Å²) in [5, 5.41) is 0.774. The van der Waals surface area contributed by atoms with E-state index in [1.54, 1.807) is 0 Å². The third-order valence-corrected chi connectivity index (χ3v) is 5.59. The van der Waals surface area contributed by atoms with Gasteiger partial charge in [0, 0.05) is 42.8 Å². The van der Waals surface area contributed by atoms with Crippen LogP contribution in [0.25, 0.3) is 0 Å². The maximum Gasteiger partial charge on any atom is 0.225 e. The minimum atomic E-state index is 0.325. The first-order valence-corrected chi connectivity index (χ1v) is 8.38. The number of fused-ring (bicyclic) bond motifs is 1. The van der Waals surface area contributed by atoms with E-state index in [9.17, 15) is 4.79 Å². The summed E-state index contributed by atoms with van der Waals surface area (Å²) in [6, 6.07) is 7.98. The number of hydrogen-bond acceptors (Lipinski definition) is 2. The predicted octanol–water partition coefficient (Wildman–Crippen LogP) is 3.03. The van der Waals surface area contributed by atoms with Crippen molar-refractivity contribution in [3.8, 4) is 0 Å². The molecule has 1 amide bonds. The molecule has 2 unspecified atom stereocenters. The first kappa shape index (κ1) is 13.4. The van der Waals surface area contributed by atoms with Gasteiger partial charge in [-0.25, -0.2) is 0 Å². The van der Waals surface area contributed by atoms with Gasteiger partial charge in [-0.2, -0.15) is 0 Å². The van der Waals surface area contributed by atoms with E-state index in [1.165, 1.54) is 6.42 Å². The second kappa shape index (κ2) is 5.20. The molecule has 0 spiro atoms. The average Bonchev–Trinajstić information content (AvgIpc) is 3.13. The summed E-state index contributed by atoms with van der Waals surface area (Å²) in [7, 11) is 0. The maximum absolute atomic E-state index is 12.6. The molecular formula is C17H21ClN2O. The molecule has 3 aliphatic rings. The van der Waals surface area contributed by atoms with Gasteiger partial charge in [-0.15, -0.1) is 0 Å². The van der Waals surface area contributed by atoms with E-state index in [4.69, 9.17) is 11.6 Å². The Kier molecular flexibility index (Phi) is 3.33. The van der Waals surface area contributed by atoms with Gasteiger partial charge in [0.1, 0.15) is 0 Å². The van der Waals surface area contributed by atoms with Crippen LogP contribution in [0, 0.1) is 17.8 Å². The third kappa shape index (κ3) is 2.64. The highest BCUT2D eigenvalue weighted by atomic mass is 35.5. The summed E-state index contributed by atoms with van der Waals surface area (Å²) in [4.78, 5) is 17.0. The summed E-state index contributed by atoms with van der Waals surface area (Å²) in [5.74, 6) is 2.50. The van der Waals surface area contributed by atoms with Gasteiger partial charge in [0.15, 0.2) is 0 Å². The van der Waals surface area contributed by atoms with Crippen LogP contribution in [0.5, 0.6) is 0 Å². The molecule has 0 bridgehead atoms. The van der Waals surface area contributed by atoms with Gasteiger partial charge in [-0.05, 0) is 49.3 Å². The quantitative estimate of drug-likeness (QED) is 0.838. The topological polar surface area (TPSA) is 23.6 Å². The van der Waals surface area contributed by atoms with E-state index in [-0.39, 0.29) is 0 Å². The zero-order valence-corrected chi connectivity index (χ0v) is 12.9. The zero-order chi connectivity index (χ0) is 14.4. The molecule has 112 valence electrons. The van der Waals surface area contributed by atoms with Crippen LogP contribution in [0.3, 0.4) is 0 Å². The fourth-order valence-electron chi connectivity index (χ4n) is 4.03. The predicted molar refractivity (Wildman–Crippen MR) is 84.6 cm³/mol. The number of amides is 1. The Bertz CT molecular complexity index is 543. The fraction of sp³-hybridized carbons (Fsp3) is 0.588. The average molecular weight is 305 g/mol. The lowest BCUT2D eigenvalue weighted by Gasteiger charge is -2.37. The minimum Gasteiger partial charge on any atom is -0.368 e. The Hall–Kier alpha value is -1.22. The molecule has 1 aliphatic heterocycles. The molecule has 1 saturated heterocycles. The molecule has 3 nitrogen and oxygen atoms in total. The molecule has 0 aromatic heterocycles. The van der Waals surface area contributed by atoms with E-state index in [0.717, 1.165) is 61.6 Å². The van der Waals surface area contributed by atoms with Gasteiger partial charge in [0.2, 0.25) is 5.91 Å². The number of halogens is 1. The van der Waals surface area contributed by atoms with Crippen molar-refractivity contribution in [3.05, 3.63) is 29.3 Å². The van der Waals surface area contributed by atoms with E-state index in [2.05, 4.69) is 15.9 Å². The monoisotopic (exact) mass is 304 g/mol. The number of carbonyl (C=O) groups is 1. The van der Waals surface area contributed by atoms with Gasteiger partial charge in [0.05, 0.1) is 0 Å². The van der Waals surface area contributed by atoms with Gasteiger partial charge >= 0.3 is 0 Å². The molecule has 0 radical (unpaired) electrons. The van der Waals surface area contributed by atoms with Crippen molar-refractivity contribution in [1.82, 2.24) is 4.90 Å². The van der Waals surface area contributed by atoms with Crippen molar-refractivity contribution in [2.45, 2.75) is 19.3 Å². The van der Waals surface area contributed by atoms with Crippen LogP contribution in [0.4, 0.5) is 5.69 Å². The highest BCUT2D eigenvalue weighted by Gasteiger charge is 2.48. The van der Waals surface area contributed by atoms with Crippen LogP contribution in [-0.4, -0.2) is 37.0 Å². The number of anilines is 1. The lowest BCUT2D eigenvalue weighted by molar-refractivity contribution is -0.136. The Morgan fingerprint density at radius 1 is 1.05 bits per heavy atom. The second-order valence-corrected chi connectivity index (χ2v) is 7.15. The molecule has 2 aliphatic carbocycles. The summed E-state index contributed by atoms with van der Waals surface area (Å²) >= 11 is 6.06. The first-order chi connectivity index (χ1) is 10.2. The fourth-order valence-corrected chi connectivity index (χ4v) is 4.22. The van der Waals surface area contributed by atoms with Gasteiger partial charge in [-0.1, -0.05) is 17.7 Å². The largest absolute Gasteiger partial charge is 0.368 e. The van der Waals surface area contributed by atoms with E-state index in [0.29, 0.717) is 11.8 Å². The first-order valence-electron chi connectivity index (χ1n) is 8.00. The maximum atomic E-state index is 12.6. The number of carbonyl (C=O) groups excluding carboxylic acids is 1. The van der Waals surface area contributed by atoms with E-state index >= 15 is 0 Å². The zero-order valence-electron chi connectivity index (χ0n) is 12.2. The third-order valence-electron chi connectivity index (χ3n) is 5.36. The number of benzene rings is 1. The van der Waals surface area contributed by atoms with Crippen LogP contribution in [0.15, 0.2) is 24.3 Å². The van der Waals surface area contributed by atoms with Crippen LogP contribution in [-0.2, 0) is 4.79 Å². The number of hydrogen-bond donors (Lipinski definition) is 0. The normalized spacial score (nSPS) is 31.2. The van der Waals surface area contributed by atoms with Crippen molar-refractivity contribution in [2.24, 2.45) is 17.8 Å². The lowest BCUT2D eigenvalue weighted by Crippen LogP contribution is -2.50. The molecule has 1 aromatic carbocycles. The number of rotatable bonds is 2. The van der Waals surface area contributed by atoms with Crippen molar-refractivity contribution in [3.63, 3.8) is 0 Å². The number of nitrogens with zero attached hydrogens (tertiary/aromatic N) is 2. The van der Waals surface area contributed by atoms with Crippen LogP contribution >= 0.6 is 11.6 Å². The molecule has 0 N–H and O–H groups in total. The van der Waals surface area contributed by atoms with Crippen LogP contribution < -0.4 is 4.90 Å². The standard InChI is InChI=1S/C17H21ClN2O/c18-15-2-1-3-16(11-15)19-4-6-20(7-5-19)17(21)14-9-12-8-13(12)10-14/h1-3,11-14H,4-10H2. The highest BCUT2D eigenvalue weighted by molar-refractivity contribution is 6.30. The Labute approximate surface area is 130 Å².